The highest BCUT2D eigenvalue weighted by molar-refractivity contribution is 5.92. The van der Waals surface area contributed by atoms with Gasteiger partial charge in [0, 0.05) is 31.4 Å². The third kappa shape index (κ3) is 4.29. The summed E-state index contributed by atoms with van der Waals surface area (Å²) in [6.07, 6.45) is 2.98. The van der Waals surface area contributed by atoms with Gasteiger partial charge in [0.25, 0.3) is 0 Å². The highest BCUT2D eigenvalue weighted by Crippen LogP contribution is 2.19. The molecule has 0 radical (unpaired) electrons. The van der Waals surface area contributed by atoms with Gasteiger partial charge in [-0.1, -0.05) is 18.2 Å². The van der Waals surface area contributed by atoms with Crippen molar-refractivity contribution >= 4 is 11.7 Å². The number of nitrogens with two attached hydrogens (primary N) is 1. The molecule has 1 fully saturated rings. The molecule has 1 aliphatic rings. The molecule has 0 unspecified atom stereocenters. The minimum absolute atomic E-state index is 0.370. The molecule has 1 aromatic carbocycles. The van der Waals surface area contributed by atoms with Crippen LogP contribution in [0, 0.1) is 5.92 Å². The molecule has 23 heavy (non-hydrogen) atoms. The van der Waals surface area contributed by atoms with E-state index < -0.39 is 0 Å². The average Bonchev–Trinajstić information content (AvgIpc) is 3.01. The largest absolute Gasteiger partial charge is 0.370 e. The number of hydrogen-bond acceptors (Lipinski definition) is 4. The first kappa shape index (κ1) is 15.5. The Morgan fingerprint density at radius 2 is 2.22 bits per heavy atom. The zero-order valence-electron chi connectivity index (χ0n) is 13.1. The zero-order valence-corrected chi connectivity index (χ0v) is 13.1. The van der Waals surface area contributed by atoms with Gasteiger partial charge in [0.1, 0.15) is 5.82 Å². The molecule has 1 saturated heterocycles. The summed E-state index contributed by atoms with van der Waals surface area (Å²) in [5.41, 5.74) is 7.06. The second-order valence-electron chi connectivity index (χ2n) is 6.05. The molecule has 2 aromatic rings. The van der Waals surface area contributed by atoms with E-state index in [0.29, 0.717) is 11.5 Å². The summed E-state index contributed by atoms with van der Waals surface area (Å²) in [5, 5.41) is 3.40. The second-order valence-corrected chi connectivity index (χ2v) is 6.05. The maximum atomic E-state index is 11.3. The molecule has 1 atom stereocenters. The molecular formula is C18H22N4O. The molecule has 5 heteroatoms. The number of hydrogen-bond donors (Lipinski definition) is 2. The number of pyridine rings is 1. The Morgan fingerprint density at radius 1 is 1.30 bits per heavy atom. The van der Waals surface area contributed by atoms with Gasteiger partial charge in [-0.05, 0) is 48.7 Å². The Hall–Kier alpha value is -2.40. The molecule has 0 aliphatic carbocycles. The monoisotopic (exact) mass is 310 g/mol. The molecule has 0 spiro atoms. The van der Waals surface area contributed by atoms with E-state index in [9.17, 15) is 4.79 Å². The third-order valence-corrected chi connectivity index (χ3v) is 4.22. The zero-order chi connectivity index (χ0) is 16.1. The summed E-state index contributed by atoms with van der Waals surface area (Å²) >= 11 is 0. The van der Waals surface area contributed by atoms with Gasteiger partial charge in [-0.2, -0.15) is 0 Å². The van der Waals surface area contributed by atoms with E-state index in [1.807, 2.05) is 36.4 Å². The maximum absolute atomic E-state index is 11.3. The number of aromatic nitrogens is 1. The Balaban J connectivity index is 1.50. The number of amides is 1. The molecule has 0 bridgehead atoms. The number of nitrogens with zero attached hydrogens (tertiary/aromatic N) is 2. The molecule has 3 N–H and O–H groups in total. The van der Waals surface area contributed by atoms with Crippen LogP contribution in [0.4, 0.5) is 5.82 Å². The van der Waals surface area contributed by atoms with Crippen LogP contribution in [0.1, 0.15) is 22.3 Å². The summed E-state index contributed by atoms with van der Waals surface area (Å²) in [5.74, 6) is 1.18. The molecule has 1 amide bonds. The van der Waals surface area contributed by atoms with Crippen LogP contribution >= 0.6 is 0 Å². The molecule has 2 heterocycles. The van der Waals surface area contributed by atoms with Crippen LogP contribution in [0.5, 0.6) is 0 Å². The quantitative estimate of drug-likeness (QED) is 0.857. The van der Waals surface area contributed by atoms with E-state index in [4.69, 9.17) is 5.73 Å². The average molecular weight is 310 g/mol. The highest BCUT2D eigenvalue weighted by atomic mass is 16.1. The molecule has 120 valence electrons. The Labute approximate surface area is 136 Å². The van der Waals surface area contributed by atoms with Crippen LogP contribution in [0.3, 0.4) is 0 Å². The van der Waals surface area contributed by atoms with Crippen molar-refractivity contribution in [2.45, 2.75) is 13.0 Å². The van der Waals surface area contributed by atoms with Crippen LogP contribution in [-0.2, 0) is 6.54 Å². The minimum atomic E-state index is -0.370. The first-order valence-electron chi connectivity index (χ1n) is 7.97. The highest BCUT2D eigenvalue weighted by Gasteiger charge is 2.22. The summed E-state index contributed by atoms with van der Waals surface area (Å²) in [7, 11) is 0. The number of carbonyl (C=O) groups is 1. The van der Waals surface area contributed by atoms with Gasteiger partial charge in [-0.3, -0.25) is 9.69 Å². The van der Waals surface area contributed by atoms with Gasteiger partial charge in [-0.25, -0.2) is 4.98 Å². The second kappa shape index (κ2) is 7.24. The lowest BCUT2D eigenvalue weighted by Gasteiger charge is -2.17. The topological polar surface area (TPSA) is 71.2 Å². The van der Waals surface area contributed by atoms with Crippen molar-refractivity contribution in [2.75, 3.05) is 25.0 Å². The summed E-state index contributed by atoms with van der Waals surface area (Å²) < 4.78 is 0. The van der Waals surface area contributed by atoms with Gasteiger partial charge in [-0.15, -0.1) is 0 Å². The van der Waals surface area contributed by atoms with Gasteiger partial charge in [0.15, 0.2) is 0 Å². The fraction of sp³-hybridized carbons (Fsp3) is 0.333. The number of rotatable bonds is 6. The van der Waals surface area contributed by atoms with E-state index in [2.05, 4.69) is 15.2 Å². The lowest BCUT2D eigenvalue weighted by atomic mass is 10.1. The molecular weight excluding hydrogens is 288 g/mol. The molecule has 1 aromatic heterocycles. The van der Waals surface area contributed by atoms with Crippen molar-refractivity contribution < 1.29 is 4.79 Å². The van der Waals surface area contributed by atoms with E-state index in [1.165, 1.54) is 6.42 Å². The van der Waals surface area contributed by atoms with Gasteiger partial charge in [0.05, 0.1) is 0 Å². The van der Waals surface area contributed by atoms with E-state index in [0.717, 1.165) is 37.6 Å². The van der Waals surface area contributed by atoms with E-state index in [1.54, 1.807) is 12.3 Å². The molecule has 0 saturated carbocycles. The van der Waals surface area contributed by atoms with E-state index in [-0.39, 0.29) is 5.91 Å². The van der Waals surface area contributed by atoms with Gasteiger partial charge >= 0.3 is 0 Å². The molecule has 3 rings (SSSR count). The number of likely N-dealkylation sites (tertiary alicyclic amines) is 1. The van der Waals surface area contributed by atoms with Gasteiger partial charge in [0.2, 0.25) is 5.91 Å². The Bertz CT molecular complexity index is 659. The van der Waals surface area contributed by atoms with Crippen LogP contribution in [0.15, 0.2) is 48.7 Å². The minimum Gasteiger partial charge on any atom is -0.370 e. The number of carbonyl (C=O) groups excluding carboxylic acids is 1. The van der Waals surface area contributed by atoms with Crippen LogP contribution in [0.25, 0.3) is 0 Å². The fourth-order valence-corrected chi connectivity index (χ4v) is 3.02. The van der Waals surface area contributed by atoms with Crippen molar-refractivity contribution in [2.24, 2.45) is 11.7 Å². The lowest BCUT2D eigenvalue weighted by molar-refractivity contribution is 0.1000. The number of anilines is 1. The normalized spacial score (nSPS) is 18.0. The predicted molar refractivity (Wildman–Crippen MR) is 91.1 cm³/mol. The SMILES string of the molecule is NC(=O)c1cccc(CN2CC[C@H](CNc3ccccn3)C2)c1. The van der Waals surface area contributed by atoms with Crippen molar-refractivity contribution in [1.82, 2.24) is 9.88 Å². The predicted octanol–water partition coefficient (Wildman–Crippen LogP) is 2.11. The number of benzene rings is 1. The van der Waals surface area contributed by atoms with Crippen molar-refractivity contribution in [3.63, 3.8) is 0 Å². The van der Waals surface area contributed by atoms with Gasteiger partial charge < -0.3 is 11.1 Å². The molecule has 5 nitrogen and oxygen atoms in total. The standard InChI is InChI=1S/C18H22N4O/c19-18(23)16-5-3-4-14(10-16)12-22-9-7-15(13-22)11-21-17-6-1-2-8-20-17/h1-6,8,10,15H,7,9,11-13H2,(H2,19,23)(H,20,21)/t15-/m1/s1. The Kier molecular flexibility index (Phi) is 4.88. The van der Waals surface area contributed by atoms with Crippen molar-refractivity contribution in [1.29, 1.82) is 0 Å². The first-order chi connectivity index (χ1) is 11.2. The molecule has 1 aliphatic heterocycles. The van der Waals surface area contributed by atoms with Crippen LogP contribution < -0.4 is 11.1 Å². The van der Waals surface area contributed by atoms with Crippen LogP contribution in [0.2, 0.25) is 0 Å². The summed E-state index contributed by atoms with van der Waals surface area (Å²) in [6.45, 7) is 3.94. The Morgan fingerprint density at radius 3 is 3.00 bits per heavy atom. The summed E-state index contributed by atoms with van der Waals surface area (Å²) in [4.78, 5) is 18.0. The van der Waals surface area contributed by atoms with Crippen molar-refractivity contribution in [3.05, 3.63) is 59.8 Å². The smallest absolute Gasteiger partial charge is 0.248 e. The van der Waals surface area contributed by atoms with Crippen LogP contribution in [-0.4, -0.2) is 35.4 Å². The number of primary amides is 1. The fourth-order valence-electron chi connectivity index (χ4n) is 3.02. The maximum Gasteiger partial charge on any atom is 0.248 e. The van der Waals surface area contributed by atoms with E-state index >= 15 is 0 Å². The summed E-state index contributed by atoms with van der Waals surface area (Å²) in [6, 6.07) is 13.5. The lowest BCUT2D eigenvalue weighted by Crippen LogP contribution is -2.23. The third-order valence-electron chi connectivity index (χ3n) is 4.22. The van der Waals surface area contributed by atoms with Crippen molar-refractivity contribution in [3.8, 4) is 0 Å². The number of nitrogens with one attached hydrogen (secondary N) is 1. The first-order valence-corrected chi connectivity index (χ1v) is 7.97.